The number of nitrogens with one attached hydrogen (secondary N) is 1. The van der Waals surface area contributed by atoms with Crippen molar-refractivity contribution in [3.8, 4) is 11.3 Å². The van der Waals surface area contributed by atoms with Gasteiger partial charge < -0.3 is 5.73 Å². The van der Waals surface area contributed by atoms with E-state index in [2.05, 4.69) is 99.4 Å². The van der Waals surface area contributed by atoms with Crippen LogP contribution in [0.1, 0.15) is 130 Å². The molecule has 0 spiro atoms. The second-order valence-corrected chi connectivity index (χ2v) is 13.4. The van der Waals surface area contributed by atoms with Crippen LogP contribution in [0.3, 0.4) is 0 Å². The van der Waals surface area contributed by atoms with Gasteiger partial charge in [-0.2, -0.15) is 0 Å². The highest BCUT2D eigenvalue weighted by molar-refractivity contribution is 6.04. The molecule has 4 heteroatoms. The molecule has 1 unspecified atom stereocenters. The number of pyridine rings is 1. The van der Waals surface area contributed by atoms with Crippen LogP contribution in [0.2, 0.25) is 0 Å². The molecule has 0 fully saturated rings. The number of amidine groups is 2. The minimum absolute atomic E-state index is 0.0168. The molecule has 1 aliphatic carbocycles. The minimum Gasteiger partial charge on any atom is -0.387 e. The number of fused-ring (bicyclic) bond motifs is 1. The van der Waals surface area contributed by atoms with Crippen LogP contribution in [-0.2, 0) is 17.3 Å². The van der Waals surface area contributed by atoms with Gasteiger partial charge in [0, 0.05) is 17.3 Å². The maximum atomic E-state index is 8.39. The van der Waals surface area contributed by atoms with Crippen LogP contribution in [0.4, 0.5) is 0 Å². The van der Waals surface area contributed by atoms with Gasteiger partial charge in [0.2, 0.25) is 0 Å². The summed E-state index contributed by atoms with van der Waals surface area (Å²) in [5.74, 6) is 0.952. The van der Waals surface area contributed by atoms with E-state index >= 15 is 0 Å². The van der Waals surface area contributed by atoms with Gasteiger partial charge in [0.15, 0.2) is 5.84 Å². The van der Waals surface area contributed by atoms with E-state index in [4.69, 9.17) is 16.1 Å². The fourth-order valence-corrected chi connectivity index (χ4v) is 6.43. The van der Waals surface area contributed by atoms with Crippen molar-refractivity contribution >= 4 is 11.7 Å². The van der Waals surface area contributed by atoms with E-state index < -0.39 is 0 Å². The first-order valence-electron chi connectivity index (χ1n) is 14.1. The lowest BCUT2D eigenvalue weighted by atomic mass is 9.59. The summed E-state index contributed by atoms with van der Waals surface area (Å²) in [6.45, 7) is 27.8. The number of hydrogen-bond acceptors (Lipinski definition) is 2. The van der Waals surface area contributed by atoms with Crippen molar-refractivity contribution in [3.63, 3.8) is 0 Å². The SMILES string of the molecule is CCc1cc(C(=N)N=C(C)N)cnc1-c1cc2c(cc1C(CC)C(C)(C)CC)C(C)(C)C(C)(C)C2(C)C. The summed E-state index contributed by atoms with van der Waals surface area (Å²) in [5.41, 5.74) is 14.5. The third kappa shape index (κ3) is 4.55. The second kappa shape index (κ2) is 9.67. The van der Waals surface area contributed by atoms with Gasteiger partial charge in [0.1, 0.15) is 0 Å². The van der Waals surface area contributed by atoms with Gasteiger partial charge in [-0.05, 0) is 81.7 Å². The van der Waals surface area contributed by atoms with Gasteiger partial charge in [-0.25, -0.2) is 4.99 Å². The summed E-state index contributed by atoms with van der Waals surface area (Å²) in [7, 11) is 0. The maximum absolute atomic E-state index is 8.39. The summed E-state index contributed by atoms with van der Waals surface area (Å²) in [6, 6.07) is 7.11. The van der Waals surface area contributed by atoms with Crippen LogP contribution in [0.5, 0.6) is 0 Å². The van der Waals surface area contributed by atoms with Crippen molar-refractivity contribution in [1.82, 2.24) is 4.98 Å². The highest BCUT2D eigenvalue weighted by Crippen LogP contribution is 2.63. The molecular weight excluding hydrogens is 452 g/mol. The number of aryl methyl sites for hydroxylation is 1. The number of rotatable bonds is 7. The molecule has 2 aromatic rings. The van der Waals surface area contributed by atoms with E-state index in [1.165, 1.54) is 22.3 Å². The summed E-state index contributed by atoms with van der Waals surface area (Å²) in [6.07, 6.45) is 4.82. The van der Waals surface area contributed by atoms with E-state index in [-0.39, 0.29) is 27.5 Å². The average molecular weight is 503 g/mol. The Morgan fingerprint density at radius 2 is 1.57 bits per heavy atom. The number of benzene rings is 1. The van der Waals surface area contributed by atoms with Crippen LogP contribution in [0.25, 0.3) is 11.3 Å². The zero-order chi connectivity index (χ0) is 28.1. The predicted molar refractivity (Wildman–Crippen MR) is 160 cm³/mol. The van der Waals surface area contributed by atoms with Gasteiger partial charge >= 0.3 is 0 Å². The molecule has 202 valence electrons. The first-order valence-corrected chi connectivity index (χ1v) is 14.1. The van der Waals surface area contributed by atoms with Crippen molar-refractivity contribution < 1.29 is 0 Å². The summed E-state index contributed by atoms with van der Waals surface area (Å²) in [5, 5.41) is 8.39. The molecule has 4 nitrogen and oxygen atoms in total. The standard InChI is InChI=1S/C33H50N4/c1-13-21-16-22(29(35)37-20(4)34)19-36-28(21)24-18-27-26(31(7,8)33(11,12)32(27,9)10)17-23(24)25(14-2)30(5,6)15-3/h16-19,25H,13-15H2,1-12H3,(H3,34,35,37). The van der Waals surface area contributed by atoms with E-state index in [1.807, 2.05) is 0 Å². The third-order valence-corrected chi connectivity index (χ3v) is 10.5. The number of hydrogen-bond donors (Lipinski definition) is 2. The zero-order valence-electron chi connectivity index (χ0n) is 25.5. The summed E-state index contributed by atoms with van der Waals surface area (Å²) < 4.78 is 0. The van der Waals surface area contributed by atoms with Crippen molar-refractivity contribution in [1.29, 1.82) is 5.41 Å². The molecule has 1 atom stereocenters. The third-order valence-electron chi connectivity index (χ3n) is 10.5. The van der Waals surface area contributed by atoms with Crippen molar-refractivity contribution in [3.05, 3.63) is 52.2 Å². The van der Waals surface area contributed by atoms with E-state index in [0.29, 0.717) is 17.3 Å². The molecule has 0 saturated carbocycles. The van der Waals surface area contributed by atoms with Crippen LogP contribution in [-0.4, -0.2) is 16.7 Å². The summed E-state index contributed by atoms with van der Waals surface area (Å²) >= 11 is 0. The van der Waals surface area contributed by atoms with Crippen LogP contribution in [0, 0.1) is 16.2 Å². The lowest BCUT2D eigenvalue weighted by Gasteiger charge is -2.44. The molecule has 3 N–H and O–H groups in total. The van der Waals surface area contributed by atoms with Gasteiger partial charge in [-0.15, -0.1) is 0 Å². The fraction of sp³-hybridized carbons (Fsp3) is 0.606. The number of nitrogens with two attached hydrogens (primary N) is 1. The zero-order valence-corrected chi connectivity index (χ0v) is 25.5. The fourth-order valence-electron chi connectivity index (χ4n) is 6.43. The molecule has 1 heterocycles. The molecule has 1 aromatic carbocycles. The largest absolute Gasteiger partial charge is 0.387 e. The van der Waals surface area contributed by atoms with Gasteiger partial charge in [-0.1, -0.05) is 88.6 Å². The Labute approximate surface area is 226 Å². The highest BCUT2D eigenvalue weighted by Gasteiger charge is 2.57. The molecule has 3 rings (SSSR count). The predicted octanol–water partition coefficient (Wildman–Crippen LogP) is 8.54. The average Bonchev–Trinajstić information content (AvgIpc) is 2.92. The molecule has 1 aromatic heterocycles. The second-order valence-electron chi connectivity index (χ2n) is 13.4. The van der Waals surface area contributed by atoms with Crippen LogP contribution >= 0.6 is 0 Å². The van der Waals surface area contributed by atoms with Crippen molar-refractivity contribution in [2.24, 2.45) is 21.6 Å². The number of aliphatic imine (C=N–C) groups is 1. The first-order chi connectivity index (χ1) is 17.0. The van der Waals surface area contributed by atoms with Crippen molar-refractivity contribution in [2.45, 2.75) is 119 Å². The topological polar surface area (TPSA) is 75.1 Å². The van der Waals surface area contributed by atoms with Gasteiger partial charge in [0.25, 0.3) is 0 Å². The normalized spacial score (nSPS) is 19.0. The number of aromatic nitrogens is 1. The van der Waals surface area contributed by atoms with E-state index in [9.17, 15) is 0 Å². The molecule has 0 amide bonds. The van der Waals surface area contributed by atoms with Crippen LogP contribution < -0.4 is 5.73 Å². The van der Waals surface area contributed by atoms with E-state index in [1.54, 1.807) is 13.1 Å². The molecule has 0 saturated heterocycles. The lowest BCUT2D eigenvalue weighted by molar-refractivity contribution is 0.125. The Morgan fingerprint density at radius 3 is 2.05 bits per heavy atom. The smallest absolute Gasteiger partial charge is 0.155 e. The lowest BCUT2D eigenvalue weighted by Crippen LogP contribution is -2.42. The molecule has 37 heavy (non-hydrogen) atoms. The van der Waals surface area contributed by atoms with Gasteiger partial charge in [0.05, 0.1) is 11.5 Å². The van der Waals surface area contributed by atoms with Gasteiger partial charge in [-0.3, -0.25) is 10.4 Å². The molecule has 0 aliphatic heterocycles. The molecule has 1 aliphatic rings. The Morgan fingerprint density at radius 1 is 1.00 bits per heavy atom. The Kier molecular flexibility index (Phi) is 7.60. The molecular formula is C33H50N4. The minimum atomic E-state index is 0.0168. The van der Waals surface area contributed by atoms with Crippen LogP contribution in [0.15, 0.2) is 29.4 Å². The number of nitrogens with zero attached hydrogens (tertiary/aromatic N) is 2. The molecule has 0 bridgehead atoms. The summed E-state index contributed by atoms with van der Waals surface area (Å²) in [4.78, 5) is 9.19. The quantitative estimate of drug-likeness (QED) is 0.294. The van der Waals surface area contributed by atoms with Crippen molar-refractivity contribution in [2.75, 3.05) is 0 Å². The Bertz CT molecular complexity index is 1220. The Balaban J connectivity index is 2.40. The monoisotopic (exact) mass is 502 g/mol. The first kappa shape index (κ1) is 29.1. The maximum Gasteiger partial charge on any atom is 0.155 e. The highest BCUT2D eigenvalue weighted by atomic mass is 14.9. The molecule has 0 radical (unpaired) electrons. The van der Waals surface area contributed by atoms with E-state index in [0.717, 1.165) is 30.5 Å². The Hall–Kier alpha value is -2.49.